The Morgan fingerprint density at radius 3 is 3.05 bits per heavy atom. The van der Waals surface area contributed by atoms with Crippen molar-refractivity contribution < 1.29 is 9.53 Å². The lowest BCUT2D eigenvalue weighted by Crippen LogP contribution is -2.17. The van der Waals surface area contributed by atoms with Crippen molar-refractivity contribution in [2.75, 3.05) is 11.9 Å². The lowest BCUT2D eigenvalue weighted by atomic mass is 10.2. The SMILES string of the molecule is Cc1nc(Br)cc(NC(COC=O)c2cncs2)n1. The molecule has 19 heavy (non-hydrogen) atoms. The van der Waals surface area contributed by atoms with Crippen LogP contribution in [0.1, 0.15) is 16.7 Å². The van der Waals surface area contributed by atoms with Crippen molar-refractivity contribution in [3.8, 4) is 0 Å². The molecule has 0 aliphatic rings. The lowest BCUT2D eigenvalue weighted by Gasteiger charge is -2.16. The molecule has 2 aromatic rings. The summed E-state index contributed by atoms with van der Waals surface area (Å²) in [6.07, 6.45) is 1.74. The van der Waals surface area contributed by atoms with E-state index in [2.05, 4.69) is 36.2 Å². The van der Waals surface area contributed by atoms with Gasteiger partial charge in [0.1, 0.15) is 22.9 Å². The third-order valence-corrected chi connectivity index (χ3v) is 3.55. The average molecular weight is 343 g/mol. The van der Waals surface area contributed by atoms with Crippen LogP contribution in [0.4, 0.5) is 5.82 Å². The molecule has 0 bridgehead atoms. The van der Waals surface area contributed by atoms with Crippen LogP contribution in [0.15, 0.2) is 22.4 Å². The number of carbonyl (C=O) groups excluding carboxylic acids is 1. The van der Waals surface area contributed by atoms with Crippen LogP contribution in [0.3, 0.4) is 0 Å². The normalized spacial score (nSPS) is 11.9. The smallest absolute Gasteiger partial charge is 0.293 e. The molecule has 0 spiro atoms. The molecule has 2 heterocycles. The van der Waals surface area contributed by atoms with E-state index in [1.807, 2.05) is 0 Å². The van der Waals surface area contributed by atoms with Crippen molar-refractivity contribution in [1.29, 1.82) is 0 Å². The lowest BCUT2D eigenvalue weighted by molar-refractivity contribution is -0.129. The first-order valence-corrected chi connectivity index (χ1v) is 7.07. The first-order chi connectivity index (χ1) is 9.19. The Labute approximate surface area is 122 Å². The molecule has 0 amide bonds. The van der Waals surface area contributed by atoms with Gasteiger partial charge in [-0.2, -0.15) is 0 Å². The van der Waals surface area contributed by atoms with Crippen LogP contribution in [0.25, 0.3) is 0 Å². The third-order valence-electron chi connectivity index (χ3n) is 2.25. The van der Waals surface area contributed by atoms with E-state index in [-0.39, 0.29) is 12.6 Å². The van der Waals surface area contributed by atoms with Gasteiger partial charge < -0.3 is 10.1 Å². The van der Waals surface area contributed by atoms with E-state index < -0.39 is 0 Å². The molecule has 0 fully saturated rings. The number of aromatic nitrogens is 3. The molecule has 2 aromatic heterocycles. The number of nitrogens with one attached hydrogen (secondary N) is 1. The zero-order valence-corrected chi connectivity index (χ0v) is 12.4. The zero-order chi connectivity index (χ0) is 13.7. The Kier molecular flexibility index (Phi) is 4.80. The molecule has 0 saturated carbocycles. The van der Waals surface area contributed by atoms with Gasteiger partial charge in [-0.05, 0) is 22.9 Å². The van der Waals surface area contributed by atoms with Crippen LogP contribution >= 0.6 is 27.3 Å². The van der Waals surface area contributed by atoms with Crippen LogP contribution in [0.2, 0.25) is 0 Å². The summed E-state index contributed by atoms with van der Waals surface area (Å²) in [6, 6.07) is 1.58. The van der Waals surface area contributed by atoms with Gasteiger partial charge in [0.05, 0.1) is 16.4 Å². The van der Waals surface area contributed by atoms with Crippen molar-refractivity contribution in [3.63, 3.8) is 0 Å². The van der Waals surface area contributed by atoms with Gasteiger partial charge in [0.15, 0.2) is 0 Å². The summed E-state index contributed by atoms with van der Waals surface area (Å²) in [5.41, 5.74) is 1.73. The van der Waals surface area contributed by atoms with Gasteiger partial charge in [0.2, 0.25) is 0 Å². The molecule has 6 nitrogen and oxygen atoms in total. The Hall–Kier alpha value is -1.54. The molecule has 1 N–H and O–H groups in total. The first-order valence-electron chi connectivity index (χ1n) is 5.40. The molecule has 0 aliphatic carbocycles. The summed E-state index contributed by atoms with van der Waals surface area (Å²) >= 11 is 4.80. The summed E-state index contributed by atoms with van der Waals surface area (Å²) in [5.74, 6) is 1.31. The molecule has 0 radical (unpaired) electrons. The number of halogens is 1. The largest absolute Gasteiger partial charge is 0.465 e. The highest BCUT2D eigenvalue weighted by atomic mass is 79.9. The monoisotopic (exact) mass is 342 g/mol. The Morgan fingerprint density at radius 1 is 1.58 bits per heavy atom. The summed E-state index contributed by atoms with van der Waals surface area (Å²) in [5, 5.41) is 3.20. The number of carbonyl (C=O) groups is 1. The summed E-state index contributed by atoms with van der Waals surface area (Å²) in [7, 11) is 0. The van der Waals surface area contributed by atoms with Crippen molar-refractivity contribution in [2.45, 2.75) is 13.0 Å². The molecule has 2 rings (SSSR count). The molecule has 8 heteroatoms. The molecule has 0 aliphatic heterocycles. The van der Waals surface area contributed by atoms with Gasteiger partial charge in [-0.3, -0.25) is 9.78 Å². The second kappa shape index (κ2) is 6.58. The van der Waals surface area contributed by atoms with Gasteiger partial charge >= 0.3 is 0 Å². The minimum atomic E-state index is -0.182. The standard InChI is InChI=1S/C11H11BrN4O2S/c1-7-14-10(12)2-11(15-7)16-8(4-18-6-17)9-3-13-5-19-9/h2-3,5-6,8H,4H2,1H3,(H,14,15,16). The van der Waals surface area contributed by atoms with Crippen LogP contribution in [0.5, 0.6) is 0 Å². The molecular formula is C11H11BrN4O2S. The van der Waals surface area contributed by atoms with Crippen molar-refractivity contribution in [2.24, 2.45) is 0 Å². The topological polar surface area (TPSA) is 77.0 Å². The average Bonchev–Trinajstić information content (AvgIpc) is 2.87. The van der Waals surface area contributed by atoms with Crippen LogP contribution in [-0.4, -0.2) is 28.0 Å². The highest BCUT2D eigenvalue weighted by Crippen LogP contribution is 2.23. The first kappa shape index (κ1) is 13.9. The summed E-state index contributed by atoms with van der Waals surface area (Å²) in [6.45, 7) is 2.45. The number of thiazole rings is 1. The summed E-state index contributed by atoms with van der Waals surface area (Å²) in [4.78, 5) is 23.7. The summed E-state index contributed by atoms with van der Waals surface area (Å²) < 4.78 is 5.53. The number of aryl methyl sites for hydroxylation is 1. The Morgan fingerprint density at radius 2 is 2.42 bits per heavy atom. The number of hydrogen-bond donors (Lipinski definition) is 1. The third kappa shape index (κ3) is 3.97. The minimum absolute atomic E-state index is 0.182. The number of nitrogens with zero attached hydrogens (tertiary/aromatic N) is 3. The van der Waals surface area contributed by atoms with E-state index in [4.69, 9.17) is 4.74 Å². The minimum Gasteiger partial charge on any atom is -0.465 e. The highest BCUT2D eigenvalue weighted by Gasteiger charge is 2.15. The Bertz CT molecular complexity index is 529. The van der Waals surface area contributed by atoms with Crippen molar-refractivity contribution >= 4 is 39.6 Å². The Balaban J connectivity index is 2.17. The predicted octanol–water partition coefficient (Wildman–Crippen LogP) is 2.33. The van der Waals surface area contributed by atoms with Gasteiger partial charge in [0.25, 0.3) is 6.47 Å². The fraction of sp³-hybridized carbons (Fsp3) is 0.273. The molecule has 100 valence electrons. The van der Waals surface area contributed by atoms with Gasteiger partial charge in [-0.15, -0.1) is 11.3 Å². The van der Waals surface area contributed by atoms with E-state index in [1.54, 1.807) is 24.7 Å². The highest BCUT2D eigenvalue weighted by molar-refractivity contribution is 9.10. The molecule has 0 aromatic carbocycles. The van der Waals surface area contributed by atoms with Crippen LogP contribution in [0, 0.1) is 6.92 Å². The number of rotatable bonds is 6. The fourth-order valence-corrected chi connectivity index (χ4v) is 2.64. The molecule has 1 atom stereocenters. The molecule has 1 unspecified atom stereocenters. The molecule has 0 saturated heterocycles. The van der Waals surface area contributed by atoms with E-state index in [0.29, 0.717) is 22.7 Å². The predicted molar refractivity (Wildman–Crippen MR) is 75.0 cm³/mol. The van der Waals surface area contributed by atoms with Gasteiger partial charge in [-0.25, -0.2) is 9.97 Å². The van der Waals surface area contributed by atoms with E-state index in [0.717, 1.165) is 4.88 Å². The second-order valence-electron chi connectivity index (χ2n) is 3.65. The van der Waals surface area contributed by atoms with Crippen LogP contribution < -0.4 is 5.32 Å². The molecular weight excluding hydrogens is 332 g/mol. The van der Waals surface area contributed by atoms with Crippen molar-refractivity contribution in [1.82, 2.24) is 15.0 Å². The maximum Gasteiger partial charge on any atom is 0.293 e. The van der Waals surface area contributed by atoms with Gasteiger partial charge in [0, 0.05) is 12.3 Å². The van der Waals surface area contributed by atoms with Gasteiger partial charge in [-0.1, -0.05) is 0 Å². The van der Waals surface area contributed by atoms with E-state index in [1.165, 1.54) is 11.3 Å². The van der Waals surface area contributed by atoms with Crippen LogP contribution in [-0.2, 0) is 9.53 Å². The van der Waals surface area contributed by atoms with E-state index >= 15 is 0 Å². The van der Waals surface area contributed by atoms with Crippen molar-refractivity contribution in [3.05, 3.63) is 33.1 Å². The number of hydrogen-bond acceptors (Lipinski definition) is 7. The fourth-order valence-electron chi connectivity index (χ4n) is 1.51. The quantitative estimate of drug-likeness (QED) is 0.641. The zero-order valence-electron chi connectivity index (χ0n) is 10.0. The maximum absolute atomic E-state index is 10.3. The second-order valence-corrected chi connectivity index (χ2v) is 5.38. The van der Waals surface area contributed by atoms with E-state index in [9.17, 15) is 4.79 Å². The maximum atomic E-state index is 10.3. The number of anilines is 1. The number of ether oxygens (including phenoxy) is 1.